The number of epoxide rings is 1. The number of hydrogen-bond donors (Lipinski definition) is 1. The molecule has 0 radical (unpaired) electrons. The summed E-state index contributed by atoms with van der Waals surface area (Å²) in [5.41, 5.74) is -0.406. The number of amides is 1. The van der Waals surface area contributed by atoms with Crippen LogP contribution in [0.3, 0.4) is 0 Å². The maximum atomic E-state index is 12.4. The molecule has 0 bridgehead atoms. The van der Waals surface area contributed by atoms with Crippen molar-refractivity contribution in [1.29, 1.82) is 0 Å². The zero-order valence-electron chi connectivity index (χ0n) is 13.5. The Balaban J connectivity index is 1.73. The average molecular weight is 388 g/mol. The molecule has 12 heteroatoms. The lowest BCUT2D eigenvalue weighted by Crippen LogP contribution is -2.43. The zero-order valence-corrected chi connectivity index (χ0v) is 13.5. The monoisotopic (exact) mass is 388 g/mol. The number of hydrogen-bond acceptors (Lipinski definition) is 8. The summed E-state index contributed by atoms with van der Waals surface area (Å²) in [7, 11) is 1.31. The number of nitrogens with one attached hydrogen (secondary N) is 1. The fourth-order valence-corrected chi connectivity index (χ4v) is 2.34. The maximum absolute atomic E-state index is 12.4. The number of carbonyl (C=O) groups is 3. The lowest BCUT2D eigenvalue weighted by atomic mass is 10.0. The zero-order chi connectivity index (χ0) is 19.8. The second kappa shape index (κ2) is 6.87. The van der Waals surface area contributed by atoms with Gasteiger partial charge in [-0.15, -0.1) is 0 Å². The predicted octanol–water partition coefficient (Wildman–Crippen LogP) is 0.887. The van der Waals surface area contributed by atoms with E-state index in [4.69, 9.17) is 14.2 Å². The first-order valence-electron chi connectivity index (χ1n) is 7.37. The molecule has 3 atom stereocenters. The molecule has 1 N–H and O–H groups in total. The van der Waals surface area contributed by atoms with Crippen molar-refractivity contribution in [2.75, 3.05) is 7.11 Å². The molecule has 144 valence electrons. The molecule has 1 aliphatic heterocycles. The molecule has 1 saturated heterocycles. The van der Waals surface area contributed by atoms with Crippen molar-refractivity contribution in [3.05, 3.63) is 30.1 Å². The topological polar surface area (TPSA) is 116 Å². The third-order valence-electron chi connectivity index (χ3n) is 3.57. The number of ketones is 1. The Kier molecular flexibility index (Phi) is 4.74. The van der Waals surface area contributed by atoms with Crippen molar-refractivity contribution >= 4 is 17.8 Å². The molecule has 1 fully saturated rings. The SMILES string of the molecule is COc1cccnc1OC(=O)NC1=CC(=O)C2OC2C1OC(=O)C(F)(F)F. The first kappa shape index (κ1) is 18.6. The van der Waals surface area contributed by atoms with Gasteiger partial charge in [-0.3, -0.25) is 10.1 Å². The average Bonchev–Trinajstić information content (AvgIpc) is 3.39. The summed E-state index contributed by atoms with van der Waals surface area (Å²) in [5, 5.41) is 2.07. The van der Waals surface area contributed by atoms with Crippen LogP contribution in [0.2, 0.25) is 0 Å². The number of pyridine rings is 1. The van der Waals surface area contributed by atoms with E-state index in [-0.39, 0.29) is 11.6 Å². The van der Waals surface area contributed by atoms with Crippen molar-refractivity contribution < 1.29 is 46.5 Å². The van der Waals surface area contributed by atoms with Gasteiger partial charge < -0.3 is 18.9 Å². The van der Waals surface area contributed by atoms with E-state index < -0.39 is 48.0 Å². The molecule has 1 aliphatic carbocycles. The highest BCUT2D eigenvalue weighted by molar-refractivity contribution is 5.98. The maximum Gasteiger partial charge on any atom is 0.490 e. The van der Waals surface area contributed by atoms with Gasteiger partial charge in [0.1, 0.15) is 6.10 Å². The van der Waals surface area contributed by atoms with Crippen LogP contribution in [0, 0.1) is 0 Å². The Bertz CT molecular complexity index is 824. The summed E-state index contributed by atoms with van der Waals surface area (Å²) in [6, 6.07) is 2.97. The first-order valence-corrected chi connectivity index (χ1v) is 7.37. The summed E-state index contributed by atoms with van der Waals surface area (Å²) in [4.78, 5) is 38.6. The van der Waals surface area contributed by atoms with Crippen LogP contribution in [0.4, 0.5) is 18.0 Å². The smallest absolute Gasteiger partial charge is 0.490 e. The summed E-state index contributed by atoms with van der Waals surface area (Å²) >= 11 is 0. The van der Waals surface area contributed by atoms with Crippen LogP contribution in [0.5, 0.6) is 11.6 Å². The van der Waals surface area contributed by atoms with Gasteiger partial charge in [0, 0.05) is 12.3 Å². The van der Waals surface area contributed by atoms with Gasteiger partial charge in [0.05, 0.1) is 12.8 Å². The third kappa shape index (κ3) is 4.00. The summed E-state index contributed by atoms with van der Waals surface area (Å²) < 4.78 is 56.4. The van der Waals surface area contributed by atoms with E-state index in [0.717, 1.165) is 6.08 Å². The first-order chi connectivity index (χ1) is 12.7. The molecule has 0 saturated carbocycles. The van der Waals surface area contributed by atoms with E-state index in [1.165, 1.54) is 25.4 Å². The summed E-state index contributed by atoms with van der Waals surface area (Å²) in [5.74, 6) is -3.18. The molecular weight excluding hydrogens is 377 g/mol. The number of rotatable bonds is 4. The van der Waals surface area contributed by atoms with Gasteiger partial charge in [0.15, 0.2) is 23.7 Å². The fourth-order valence-electron chi connectivity index (χ4n) is 2.34. The largest absolute Gasteiger partial charge is 0.491 e. The number of nitrogens with zero attached hydrogens (tertiary/aromatic N) is 1. The lowest BCUT2D eigenvalue weighted by Gasteiger charge is -2.22. The molecule has 2 heterocycles. The molecule has 1 aromatic heterocycles. The van der Waals surface area contributed by atoms with Crippen LogP contribution in [0.25, 0.3) is 0 Å². The molecule has 2 aliphatic rings. The summed E-state index contributed by atoms with van der Waals surface area (Å²) in [6.07, 6.45) is -8.07. The highest BCUT2D eigenvalue weighted by Crippen LogP contribution is 2.36. The number of methoxy groups -OCH3 is 1. The molecule has 1 aromatic rings. The van der Waals surface area contributed by atoms with Gasteiger partial charge >= 0.3 is 18.2 Å². The van der Waals surface area contributed by atoms with Crippen LogP contribution in [0.15, 0.2) is 30.1 Å². The molecule has 9 nitrogen and oxygen atoms in total. The molecule has 0 aromatic carbocycles. The Hall–Kier alpha value is -3.15. The second-order valence-corrected chi connectivity index (χ2v) is 5.37. The van der Waals surface area contributed by atoms with Crippen molar-refractivity contribution in [3.8, 4) is 11.6 Å². The van der Waals surface area contributed by atoms with E-state index >= 15 is 0 Å². The molecule has 27 heavy (non-hydrogen) atoms. The number of fused-ring (bicyclic) bond motifs is 1. The number of halogens is 3. The van der Waals surface area contributed by atoms with Gasteiger partial charge in [0.25, 0.3) is 5.88 Å². The van der Waals surface area contributed by atoms with Gasteiger partial charge in [-0.2, -0.15) is 13.2 Å². The lowest BCUT2D eigenvalue weighted by molar-refractivity contribution is -0.204. The Morgan fingerprint density at radius 3 is 2.74 bits per heavy atom. The summed E-state index contributed by atoms with van der Waals surface area (Å²) in [6.45, 7) is 0. The van der Waals surface area contributed by atoms with E-state index in [9.17, 15) is 27.6 Å². The number of carbonyl (C=O) groups excluding carboxylic acids is 3. The molecule has 3 unspecified atom stereocenters. The molecule has 0 spiro atoms. The highest BCUT2D eigenvalue weighted by Gasteiger charge is 2.57. The van der Waals surface area contributed by atoms with E-state index in [1.54, 1.807) is 0 Å². The number of ether oxygens (including phenoxy) is 4. The number of esters is 1. The predicted molar refractivity (Wildman–Crippen MR) is 77.6 cm³/mol. The number of aromatic nitrogens is 1. The third-order valence-corrected chi connectivity index (χ3v) is 3.57. The van der Waals surface area contributed by atoms with Gasteiger partial charge in [0.2, 0.25) is 0 Å². The van der Waals surface area contributed by atoms with E-state index in [1.807, 2.05) is 0 Å². The van der Waals surface area contributed by atoms with Crippen molar-refractivity contribution in [2.24, 2.45) is 0 Å². The van der Waals surface area contributed by atoms with Crippen molar-refractivity contribution in [3.63, 3.8) is 0 Å². The quantitative estimate of drug-likeness (QED) is 0.597. The standard InChI is InChI=1S/C15H11F3N2O7/c1-24-8-3-2-4-19-12(8)27-14(23)20-6-5-7(21)10-11(25-10)9(6)26-13(22)15(16,17)18/h2-5,9-11H,1H3,(H,20,23). The Labute approximate surface area is 149 Å². The Morgan fingerprint density at radius 1 is 1.33 bits per heavy atom. The van der Waals surface area contributed by atoms with Crippen molar-refractivity contribution in [2.45, 2.75) is 24.5 Å². The Morgan fingerprint density at radius 2 is 2.07 bits per heavy atom. The van der Waals surface area contributed by atoms with Crippen LogP contribution in [-0.4, -0.2) is 54.4 Å². The minimum atomic E-state index is -5.25. The van der Waals surface area contributed by atoms with Gasteiger partial charge in [-0.05, 0) is 12.1 Å². The minimum absolute atomic E-state index is 0.118. The normalized spacial score (nSPS) is 23.6. The van der Waals surface area contributed by atoms with Gasteiger partial charge in [-0.1, -0.05) is 0 Å². The van der Waals surface area contributed by atoms with E-state index in [2.05, 4.69) is 15.0 Å². The molecular formula is C15H11F3N2O7. The van der Waals surface area contributed by atoms with Crippen LogP contribution < -0.4 is 14.8 Å². The highest BCUT2D eigenvalue weighted by atomic mass is 19.4. The van der Waals surface area contributed by atoms with Crippen molar-refractivity contribution in [1.82, 2.24) is 10.3 Å². The van der Waals surface area contributed by atoms with Crippen LogP contribution in [0.1, 0.15) is 0 Å². The second-order valence-electron chi connectivity index (χ2n) is 5.37. The van der Waals surface area contributed by atoms with E-state index in [0.29, 0.717) is 0 Å². The number of alkyl halides is 3. The van der Waals surface area contributed by atoms with Crippen LogP contribution >= 0.6 is 0 Å². The molecule has 3 rings (SSSR count). The van der Waals surface area contributed by atoms with Gasteiger partial charge in [-0.25, -0.2) is 14.6 Å². The fraction of sp³-hybridized carbons (Fsp3) is 0.333. The van der Waals surface area contributed by atoms with Crippen LogP contribution in [-0.2, 0) is 19.1 Å². The molecule has 1 amide bonds. The minimum Gasteiger partial charge on any atom is -0.491 e.